The van der Waals surface area contributed by atoms with Gasteiger partial charge in [0.15, 0.2) is 0 Å². The number of aryl methyl sites for hydroxylation is 1. The quantitative estimate of drug-likeness (QED) is 0.754. The lowest BCUT2D eigenvalue weighted by molar-refractivity contribution is -0.126. The van der Waals surface area contributed by atoms with Crippen molar-refractivity contribution in [3.05, 3.63) is 29.8 Å². The maximum absolute atomic E-state index is 12.2. The Balaban J connectivity index is 1.69. The summed E-state index contributed by atoms with van der Waals surface area (Å²) in [6.07, 6.45) is 1.15. The predicted octanol–water partition coefficient (Wildman–Crippen LogP) is 1.55. The van der Waals surface area contributed by atoms with Gasteiger partial charge in [-0.3, -0.25) is 4.79 Å². The number of nitrogens with zero attached hydrogens (tertiary/aromatic N) is 1. The number of carbonyl (C=O) groups excluding carboxylic acids is 1. The zero-order valence-electron chi connectivity index (χ0n) is 14.3. The number of piperidine rings is 1. The number of hydrogen-bond donors (Lipinski definition) is 1. The molecule has 1 N–H and O–H groups in total. The van der Waals surface area contributed by atoms with Crippen molar-refractivity contribution in [1.29, 1.82) is 0 Å². The molecule has 0 bridgehead atoms. The predicted molar refractivity (Wildman–Crippen MR) is 93.4 cm³/mol. The third-order valence-electron chi connectivity index (χ3n) is 4.24. The molecule has 1 amide bonds. The summed E-state index contributed by atoms with van der Waals surface area (Å²) in [7, 11) is -3.14. The van der Waals surface area contributed by atoms with Gasteiger partial charge in [0.1, 0.15) is 12.4 Å². The monoisotopic (exact) mass is 354 g/mol. The first kappa shape index (κ1) is 18.7. The Hall–Kier alpha value is -1.60. The van der Waals surface area contributed by atoms with Crippen molar-refractivity contribution >= 4 is 15.9 Å². The second-order valence-corrected chi connectivity index (χ2v) is 8.29. The van der Waals surface area contributed by atoms with E-state index < -0.39 is 10.0 Å². The third-order valence-corrected chi connectivity index (χ3v) is 6.12. The van der Waals surface area contributed by atoms with Crippen molar-refractivity contribution < 1.29 is 17.9 Å². The van der Waals surface area contributed by atoms with Gasteiger partial charge in [0.25, 0.3) is 0 Å². The SMILES string of the molecule is CCS(=O)(=O)N1CCC(C(=O)NCCOc2cccc(C)c2)CC1. The summed E-state index contributed by atoms with van der Waals surface area (Å²) >= 11 is 0. The van der Waals surface area contributed by atoms with Crippen LogP contribution in [-0.4, -0.2) is 50.6 Å². The number of ether oxygens (including phenoxy) is 1. The van der Waals surface area contributed by atoms with Crippen LogP contribution in [0, 0.1) is 12.8 Å². The van der Waals surface area contributed by atoms with Crippen LogP contribution in [0.25, 0.3) is 0 Å². The molecule has 1 saturated heterocycles. The van der Waals surface area contributed by atoms with E-state index in [1.165, 1.54) is 4.31 Å². The topological polar surface area (TPSA) is 75.7 Å². The zero-order chi connectivity index (χ0) is 17.6. The van der Waals surface area contributed by atoms with Crippen LogP contribution in [0.3, 0.4) is 0 Å². The summed E-state index contributed by atoms with van der Waals surface area (Å²) in [5.41, 5.74) is 1.13. The molecule has 1 aliphatic heterocycles. The summed E-state index contributed by atoms with van der Waals surface area (Å²) in [6.45, 7) is 5.35. The van der Waals surface area contributed by atoms with Gasteiger partial charge in [-0.25, -0.2) is 12.7 Å². The molecule has 134 valence electrons. The van der Waals surface area contributed by atoms with Gasteiger partial charge in [0.2, 0.25) is 15.9 Å². The molecule has 1 aromatic carbocycles. The first-order valence-electron chi connectivity index (χ1n) is 8.37. The van der Waals surface area contributed by atoms with Crippen molar-refractivity contribution in [3.63, 3.8) is 0 Å². The largest absolute Gasteiger partial charge is 0.492 e. The van der Waals surface area contributed by atoms with Crippen LogP contribution in [-0.2, 0) is 14.8 Å². The Morgan fingerprint density at radius 3 is 2.67 bits per heavy atom. The van der Waals surface area contributed by atoms with Crippen molar-refractivity contribution in [1.82, 2.24) is 9.62 Å². The summed E-state index contributed by atoms with van der Waals surface area (Å²) in [4.78, 5) is 12.2. The number of amides is 1. The second-order valence-electron chi connectivity index (χ2n) is 6.03. The number of carbonyl (C=O) groups is 1. The first-order chi connectivity index (χ1) is 11.4. The highest BCUT2D eigenvalue weighted by atomic mass is 32.2. The minimum Gasteiger partial charge on any atom is -0.492 e. The number of rotatable bonds is 7. The van der Waals surface area contributed by atoms with Crippen molar-refractivity contribution in [2.45, 2.75) is 26.7 Å². The van der Waals surface area contributed by atoms with Crippen molar-refractivity contribution in [3.8, 4) is 5.75 Å². The van der Waals surface area contributed by atoms with Crippen LogP contribution in [0.4, 0.5) is 0 Å². The Labute approximate surface area is 144 Å². The summed E-state index contributed by atoms with van der Waals surface area (Å²) in [6, 6.07) is 7.77. The van der Waals surface area contributed by atoms with Gasteiger partial charge in [-0.05, 0) is 44.4 Å². The molecule has 0 spiro atoms. The van der Waals surface area contributed by atoms with Gasteiger partial charge in [0, 0.05) is 19.0 Å². The fraction of sp³-hybridized carbons (Fsp3) is 0.588. The summed E-state index contributed by atoms with van der Waals surface area (Å²) in [5.74, 6) is 0.770. The second kappa shape index (κ2) is 8.48. The van der Waals surface area contributed by atoms with Gasteiger partial charge in [-0.1, -0.05) is 12.1 Å². The van der Waals surface area contributed by atoms with E-state index in [4.69, 9.17) is 4.74 Å². The highest BCUT2D eigenvalue weighted by Crippen LogP contribution is 2.20. The Kier molecular flexibility index (Phi) is 6.62. The molecular weight excluding hydrogens is 328 g/mol. The minimum absolute atomic E-state index is 0.0172. The fourth-order valence-corrected chi connectivity index (χ4v) is 3.90. The lowest BCUT2D eigenvalue weighted by atomic mass is 9.97. The Morgan fingerprint density at radius 2 is 2.04 bits per heavy atom. The van der Waals surface area contributed by atoms with Gasteiger partial charge < -0.3 is 10.1 Å². The minimum atomic E-state index is -3.14. The average Bonchev–Trinajstić information content (AvgIpc) is 2.58. The summed E-state index contributed by atoms with van der Waals surface area (Å²) in [5, 5.41) is 2.87. The summed E-state index contributed by atoms with van der Waals surface area (Å²) < 4.78 is 30.7. The van der Waals surface area contributed by atoms with Crippen LogP contribution in [0.1, 0.15) is 25.3 Å². The molecule has 6 nitrogen and oxygen atoms in total. The highest BCUT2D eigenvalue weighted by molar-refractivity contribution is 7.89. The molecule has 0 radical (unpaired) electrons. The maximum Gasteiger partial charge on any atom is 0.223 e. The fourth-order valence-electron chi connectivity index (χ4n) is 2.77. The van der Waals surface area contributed by atoms with Crippen LogP contribution < -0.4 is 10.1 Å². The van der Waals surface area contributed by atoms with Crippen LogP contribution >= 0.6 is 0 Å². The van der Waals surface area contributed by atoms with E-state index in [-0.39, 0.29) is 17.6 Å². The van der Waals surface area contributed by atoms with E-state index in [2.05, 4.69) is 5.32 Å². The molecule has 1 aliphatic rings. The number of nitrogens with one attached hydrogen (secondary N) is 1. The number of benzene rings is 1. The molecule has 7 heteroatoms. The van der Waals surface area contributed by atoms with E-state index in [9.17, 15) is 13.2 Å². The van der Waals surface area contributed by atoms with E-state index >= 15 is 0 Å². The molecule has 24 heavy (non-hydrogen) atoms. The molecule has 0 aromatic heterocycles. The van der Waals surface area contributed by atoms with E-state index in [0.717, 1.165) is 11.3 Å². The smallest absolute Gasteiger partial charge is 0.223 e. The van der Waals surface area contributed by atoms with E-state index in [1.54, 1.807) is 6.92 Å². The normalized spacial score (nSPS) is 16.8. The van der Waals surface area contributed by atoms with Crippen LogP contribution in [0.5, 0.6) is 5.75 Å². The van der Waals surface area contributed by atoms with Gasteiger partial charge >= 0.3 is 0 Å². The molecule has 1 aromatic rings. The van der Waals surface area contributed by atoms with E-state index in [1.807, 2.05) is 31.2 Å². The highest BCUT2D eigenvalue weighted by Gasteiger charge is 2.29. The third kappa shape index (κ3) is 5.21. The number of sulfonamides is 1. The lowest BCUT2D eigenvalue weighted by Gasteiger charge is -2.30. The maximum atomic E-state index is 12.2. The van der Waals surface area contributed by atoms with Crippen LogP contribution in [0.2, 0.25) is 0 Å². The van der Waals surface area contributed by atoms with Crippen molar-refractivity contribution in [2.75, 3.05) is 32.0 Å². The molecule has 0 saturated carbocycles. The van der Waals surface area contributed by atoms with Crippen molar-refractivity contribution in [2.24, 2.45) is 5.92 Å². The molecule has 0 unspecified atom stereocenters. The average molecular weight is 354 g/mol. The van der Waals surface area contributed by atoms with Crippen LogP contribution in [0.15, 0.2) is 24.3 Å². The first-order valence-corrected chi connectivity index (χ1v) is 9.98. The molecule has 0 atom stereocenters. The molecule has 1 fully saturated rings. The van der Waals surface area contributed by atoms with Gasteiger partial charge in [-0.15, -0.1) is 0 Å². The number of hydrogen-bond acceptors (Lipinski definition) is 4. The van der Waals surface area contributed by atoms with E-state index in [0.29, 0.717) is 39.1 Å². The molecule has 2 rings (SSSR count). The zero-order valence-corrected chi connectivity index (χ0v) is 15.1. The van der Waals surface area contributed by atoms with Gasteiger partial charge in [-0.2, -0.15) is 0 Å². The molecular formula is C17H26N2O4S. The molecule has 0 aliphatic carbocycles. The lowest BCUT2D eigenvalue weighted by Crippen LogP contribution is -2.44. The Morgan fingerprint density at radius 1 is 1.33 bits per heavy atom. The Bertz CT molecular complexity index is 652. The standard InChI is InChI=1S/C17H26N2O4S/c1-3-24(21,22)19-10-7-15(8-11-19)17(20)18-9-12-23-16-6-4-5-14(2)13-16/h4-6,13,15H,3,7-12H2,1-2H3,(H,18,20). The van der Waals surface area contributed by atoms with Gasteiger partial charge in [0.05, 0.1) is 12.3 Å². The molecule has 1 heterocycles.